The SMILES string of the molecule is CN(C(=O)OC(C)(C)C)C(COC1CCC1)C(=O)O. The van der Waals surface area contributed by atoms with E-state index in [0.29, 0.717) is 0 Å². The van der Waals surface area contributed by atoms with Crippen molar-refractivity contribution in [3.05, 3.63) is 0 Å². The van der Waals surface area contributed by atoms with Gasteiger partial charge in [0.05, 0.1) is 12.7 Å². The predicted molar refractivity (Wildman–Crippen MR) is 69.0 cm³/mol. The number of likely N-dealkylation sites (N-methyl/N-ethyl adjacent to an activating group) is 1. The molecule has 0 bridgehead atoms. The van der Waals surface area contributed by atoms with Crippen LogP contribution in [0.15, 0.2) is 0 Å². The summed E-state index contributed by atoms with van der Waals surface area (Å²) in [6, 6.07) is -1.02. The van der Waals surface area contributed by atoms with Gasteiger partial charge in [0.15, 0.2) is 6.04 Å². The van der Waals surface area contributed by atoms with Crippen LogP contribution < -0.4 is 0 Å². The molecule has 1 N–H and O–H groups in total. The van der Waals surface area contributed by atoms with Crippen molar-refractivity contribution in [2.45, 2.75) is 57.8 Å². The quantitative estimate of drug-likeness (QED) is 0.827. The molecule has 1 atom stereocenters. The highest BCUT2D eigenvalue weighted by molar-refractivity contribution is 5.80. The summed E-state index contributed by atoms with van der Waals surface area (Å²) in [5.41, 5.74) is -0.650. The highest BCUT2D eigenvalue weighted by Gasteiger charge is 2.31. The molecule has 110 valence electrons. The van der Waals surface area contributed by atoms with E-state index < -0.39 is 23.7 Å². The highest BCUT2D eigenvalue weighted by atomic mass is 16.6. The Labute approximate surface area is 113 Å². The summed E-state index contributed by atoms with van der Waals surface area (Å²) in [5, 5.41) is 9.17. The van der Waals surface area contributed by atoms with Crippen LogP contribution >= 0.6 is 0 Å². The van der Waals surface area contributed by atoms with Crippen molar-refractivity contribution in [1.29, 1.82) is 0 Å². The molecule has 19 heavy (non-hydrogen) atoms. The van der Waals surface area contributed by atoms with E-state index in [1.807, 2.05) is 0 Å². The number of rotatable bonds is 5. The zero-order chi connectivity index (χ0) is 14.6. The Morgan fingerprint density at radius 2 is 1.95 bits per heavy atom. The summed E-state index contributed by atoms with van der Waals surface area (Å²) in [4.78, 5) is 24.1. The van der Waals surface area contributed by atoms with Gasteiger partial charge in [0.25, 0.3) is 0 Å². The summed E-state index contributed by atoms with van der Waals surface area (Å²) < 4.78 is 10.6. The average Bonchev–Trinajstić information content (AvgIpc) is 2.17. The van der Waals surface area contributed by atoms with Crippen molar-refractivity contribution in [3.8, 4) is 0 Å². The number of amides is 1. The van der Waals surface area contributed by atoms with Gasteiger partial charge >= 0.3 is 12.1 Å². The molecule has 0 aromatic carbocycles. The molecule has 6 heteroatoms. The molecule has 1 amide bonds. The Morgan fingerprint density at radius 1 is 1.37 bits per heavy atom. The van der Waals surface area contributed by atoms with Crippen LogP contribution in [0, 0.1) is 0 Å². The van der Waals surface area contributed by atoms with Crippen LogP contribution in [0.1, 0.15) is 40.0 Å². The van der Waals surface area contributed by atoms with Gasteiger partial charge in [-0.25, -0.2) is 9.59 Å². The van der Waals surface area contributed by atoms with E-state index in [-0.39, 0.29) is 12.7 Å². The number of hydrogen-bond acceptors (Lipinski definition) is 4. The minimum atomic E-state index is -1.09. The van der Waals surface area contributed by atoms with Gasteiger partial charge in [-0.15, -0.1) is 0 Å². The van der Waals surface area contributed by atoms with Crippen molar-refractivity contribution in [3.63, 3.8) is 0 Å². The largest absolute Gasteiger partial charge is 0.480 e. The Balaban J connectivity index is 2.53. The monoisotopic (exact) mass is 273 g/mol. The van der Waals surface area contributed by atoms with E-state index in [1.54, 1.807) is 20.8 Å². The molecule has 0 aliphatic heterocycles. The van der Waals surface area contributed by atoms with Gasteiger partial charge in [0.2, 0.25) is 0 Å². The standard InChI is InChI=1S/C13H23NO5/c1-13(2,3)19-12(17)14(4)10(11(15)16)8-18-9-6-5-7-9/h9-10H,5-8H2,1-4H3,(H,15,16). The third-order valence-corrected chi connectivity index (χ3v) is 2.98. The number of nitrogens with zero attached hydrogens (tertiary/aromatic N) is 1. The molecular weight excluding hydrogens is 250 g/mol. The third-order valence-electron chi connectivity index (χ3n) is 2.98. The van der Waals surface area contributed by atoms with Gasteiger partial charge in [-0.05, 0) is 40.0 Å². The van der Waals surface area contributed by atoms with E-state index in [4.69, 9.17) is 14.6 Å². The van der Waals surface area contributed by atoms with Crippen LogP contribution in [0.25, 0.3) is 0 Å². The zero-order valence-corrected chi connectivity index (χ0v) is 12.0. The molecular formula is C13H23NO5. The molecule has 0 radical (unpaired) electrons. The van der Waals surface area contributed by atoms with Gasteiger partial charge in [-0.1, -0.05) is 0 Å². The van der Waals surface area contributed by atoms with Crippen LogP contribution in [0.3, 0.4) is 0 Å². The number of carbonyl (C=O) groups excluding carboxylic acids is 1. The van der Waals surface area contributed by atoms with Crippen molar-refractivity contribution >= 4 is 12.1 Å². The van der Waals surface area contributed by atoms with Crippen molar-refractivity contribution in [2.75, 3.05) is 13.7 Å². The van der Waals surface area contributed by atoms with E-state index in [1.165, 1.54) is 7.05 Å². The smallest absolute Gasteiger partial charge is 0.410 e. The summed E-state index contributed by atoms with van der Waals surface area (Å²) >= 11 is 0. The number of hydrogen-bond donors (Lipinski definition) is 1. The second-order valence-electron chi connectivity index (χ2n) is 5.83. The summed E-state index contributed by atoms with van der Waals surface area (Å²) in [6.07, 6.45) is 2.51. The molecule has 0 aromatic rings. The van der Waals surface area contributed by atoms with Crippen LogP contribution in [0.4, 0.5) is 4.79 Å². The number of aliphatic carboxylic acids is 1. The Morgan fingerprint density at radius 3 is 2.32 bits per heavy atom. The highest BCUT2D eigenvalue weighted by Crippen LogP contribution is 2.22. The maximum Gasteiger partial charge on any atom is 0.410 e. The predicted octanol–water partition coefficient (Wildman–Crippen LogP) is 1.88. The Kier molecular flexibility index (Phi) is 5.17. The number of carboxylic acids is 1. The van der Waals surface area contributed by atoms with Crippen molar-refractivity contribution < 1.29 is 24.2 Å². The van der Waals surface area contributed by atoms with Crippen LogP contribution in [-0.4, -0.2) is 53.5 Å². The molecule has 0 heterocycles. The fraction of sp³-hybridized carbons (Fsp3) is 0.846. The van der Waals surface area contributed by atoms with E-state index in [9.17, 15) is 9.59 Å². The van der Waals surface area contributed by atoms with Gasteiger partial charge in [-0.2, -0.15) is 0 Å². The molecule has 0 aromatic heterocycles. The first-order valence-electron chi connectivity index (χ1n) is 6.51. The number of carbonyl (C=O) groups is 2. The first kappa shape index (κ1) is 15.8. The molecule has 0 saturated heterocycles. The maximum absolute atomic E-state index is 11.8. The fourth-order valence-corrected chi connectivity index (χ4v) is 1.57. The summed E-state index contributed by atoms with van der Waals surface area (Å²) in [7, 11) is 1.41. The Bertz CT molecular complexity index is 332. The third kappa shape index (κ3) is 5.06. The molecule has 1 saturated carbocycles. The van der Waals surface area contributed by atoms with E-state index in [0.717, 1.165) is 24.2 Å². The first-order chi connectivity index (χ1) is 8.70. The minimum absolute atomic E-state index is 0.00422. The van der Waals surface area contributed by atoms with Gasteiger partial charge in [0, 0.05) is 7.05 Å². The maximum atomic E-state index is 11.8. The van der Waals surface area contributed by atoms with Gasteiger partial charge < -0.3 is 14.6 Å². The second kappa shape index (κ2) is 6.23. The lowest BCUT2D eigenvalue weighted by Crippen LogP contribution is -2.48. The summed E-state index contributed by atoms with van der Waals surface area (Å²) in [5.74, 6) is -1.09. The van der Waals surface area contributed by atoms with Gasteiger partial charge in [0.1, 0.15) is 5.60 Å². The number of carboxylic acid groups (broad SMARTS) is 1. The van der Waals surface area contributed by atoms with Crippen LogP contribution in [0.2, 0.25) is 0 Å². The van der Waals surface area contributed by atoms with Crippen LogP contribution in [0.5, 0.6) is 0 Å². The molecule has 1 aliphatic carbocycles. The van der Waals surface area contributed by atoms with Crippen molar-refractivity contribution in [2.24, 2.45) is 0 Å². The molecule has 1 rings (SSSR count). The first-order valence-corrected chi connectivity index (χ1v) is 6.51. The minimum Gasteiger partial charge on any atom is -0.480 e. The summed E-state index contributed by atoms with van der Waals surface area (Å²) in [6.45, 7) is 5.20. The molecule has 6 nitrogen and oxygen atoms in total. The topological polar surface area (TPSA) is 76.1 Å². The fourth-order valence-electron chi connectivity index (χ4n) is 1.57. The zero-order valence-electron chi connectivity index (χ0n) is 12.0. The molecule has 1 aliphatic rings. The lowest BCUT2D eigenvalue weighted by atomic mass is 9.96. The van der Waals surface area contributed by atoms with E-state index in [2.05, 4.69) is 0 Å². The molecule has 1 fully saturated rings. The second-order valence-corrected chi connectivity index (χ2v) is 5.83. The number of ether oxygens (including phenoxy) is 2. The van der Waals surface area contributed by atoms with Crippen molar-refractivity contribution in [1.82, 2.24) is 4.90 Å². The normalized spacial score (nSPS) is 17.5. The molecule has 1 unspecified atom stereocenters. The van der Waals surface area contributed by atoms with Crippen LogP contribution in [-0.2, 0) is 14.3 Å². The lowest BCUT2D eigenvalue weighted by Gasteiger charge is -2.31. The Hall–Kier alpha value is -1.30. The lowest BCUT2D eigenvalue weighted by molar-refractivity contribution is -0.146. The van der Waals surface area contributed by atoms with E-state index >= 15 is 0 Å². The average molecular weight is 273 g/mol. The molecule has 0 spiro atoms. The van der Waals surface area contributed by atoms with Gasteiger partial charge in [-0.3, -0.25) is 4.90 Å².